The number of rotatable bonds is 2. The van der Waals surface area contributed by atoms with Crippen LogP contribution in [0, 0.1) is 0 Å². The molecule has 24 heavy (non-hydrogen) atoms. The highest BCUT2D eigenvalue weighted by atomic mass is 79.9. The minimum atomic E-state index is -0.0149. The number of aryl methyl sites for hydroxylation is 1. The lowest BCUT2D eigenvalue weighted by molar-refractivity contribution is 0.0946. The van der Waals surface area contributed by atoms with Crippen molar-refractivity contribution >= 4 is 21.7 Å². The lowest BCUT2D eigenvalue weighted by Crippen LogP contribution is -2.20. The van der Waals surface area contributed by atoms with E-state index in [4.69, 9.17) is 0 Å². The molecule has 0 aromatic heterocycles. The fourth-order valence-corrected chi connectivity index (χ4v) is 3.73. The van der Waals surface area contributed by atoms with Crippen LogP contribution in [0.4, 0.5) is 0 Å². The van der Waals surface area contributed by atoms with Gasteiger partial charge in [0.1, 0.15) is 0 Å². The van der Waals surface area contributed by atoms with Crippen molar-refractivity contribution in [2.24, 2.45) is 0 Å². The maximum atomic E-state index is 12.8. The summed E-state index contributed by atoms with van der Waals surface area (Å²) in [5, 5.41) is 0. The Morgan fingerprint density at radius 2 is 1.42 bits per heavy atom. The van der Waals surface area contributed by atoms with Gasteiger partial charge in [-0.2, -0.15) is 0 Å². The van der Waals surface area contributed by atoms with Gasteiger partial charge in [0.25, 0.3) is 0 Å². The predicted octanol–water partition coefficient (Wildman–Crippen LogP) is 6.03. The Morgan fingerprint density at radius 3 is 2.12 bits per heavy atom. The SMILES string of the molecule is O=C1c2ccccc2CCC1c1ccc(-c2ccc(Br)cc2)cc1. The van der Waals surface area contributed by atoms with Gasteiger partial charge in [0, 0.05) is 16.0 Å². The van der Waals surface area contributed by atoms with Gasteiger partial charge in [-0.05, 0) is 47.2 Å². The van der Waals surface area contributed by atoms with E-state index in [-0.39, 0.29) is 11.7 Å². The van der Waals surface area contributed by atoms with Gasteiger partial charge in [-0.1, -0.05) is 76.6 Å². The number of carbonyl (C=O) groups is 1. The predicted molar refractivity (Wildman–Crippen MR) is 101 cm³/mol. The van der Waals surface area contributed by atoms with Gasteiger partial charge in [0.05, 0.1) is 0 Å². The molecule has 1 aliphatic rings. The van der Waals surface area contributed by atoms with E-state index in [0.29, 0.717) is 0 Å². The molecule has 3 aromatic carbocycles. The molecule has 0 radical (unpaired) electrons. The summed E-state index contributed by atoms with van der Waals surface area (Å²) >= 11 is 3.46. The van der Waals surface area contributed by atoms with Crippen LogP contribution in [0.3, 0.4) is 0 Å². The Kier molecular flexibility index (Phi) is 4.07. The molecule has 118 valence electrons. The lowest BCUT2D eigenvalue weighted by Gasteiger charge is -2.23. The first kappa shape index (κ1) is 15.3. The minimum Gasteiger partial charge on any atom is -0.293 e. The molecule has 0 aliphatic heterocycles. The van der Waals surface area contributed by atoms with E-state index in [1.54, 1.807) is 0 Å². The van der Waals surface area contributed by atoms with Gasteiger partial charge >= 0.3 is 0 Å². The third-order valence-corrected chi connectivity index (χ3v) is 5.32. The van der Waals surface area contributed by atoms with Crippen LogP contribution in [0.5, 0.6) is 0 Å². The van der Waals surface area contributed by atoms with Crippen molar-refractivity contribution in [2.75, 3.05) is 0 Å². The van der Waals surface area contributed by atoms with Crippen molar-refractivity contribution in [3.8, 4) is 11.1 Å². The number of carbonyl (C=O) groups excluding carboxylic acids is 1. The molecular weight excluding hydrogens is 360 g/mol. The van der Waals surface area contributed by atoms with Crippen LogP contribution in [0.1, 0.15) is 33.8 Å². The third kappa shape index (κ3) is 2.83. The molecule has 0 saturated heterocycles. The van der Waals surface area contributed by atoms with E-state index in [2.05, 4.69) is 58.4 Å². The Hall–Kier alpha value is -2.19. The standard InChI is InChI=1S/C22H17BrO/c23-19-12-9-16(10-13-19)15-5-7-18(8-6-15)21-14-11-17-3-1-2-4-20(17)22(21)24/h1-10,12-13,21H,11,14H2. The molecule has 0 saturated carbocycles. The average Bonchev–Trinajstić information content (AvgIpc) is 2.63. The highest BCUT2D eigenvalue weighted by molar-refractivity contribution is 9.10. The first-order valence-electron chi connectivity index (χ1n) is 8.20. The second-order valence-electron chi connectivity index (χ2n) is 6.24. The molecule has 1 nitrogen and oxygen atoms in total. The first-order valence-corrected chi connectivity index (χ1v) is 9.00. The highest BCUT2D eigenvalue weighted by Crippen LogP contribution is 2.33. The van der Waals surface area contributed by atoms with Crippen LogP contribution in [0.15, 0.2) is 77.3 Å². The summed E-state index contributed by atoms with van der Waals surface area (Å²) in [6.07, 6.45) is 1.87. The molecule has 1 aliphatic carbocycles. The van der Waals surface area contributed by atoms with Crippen molar-refractivity contribution in [3.63, 3.8) is 0 Å². The Balaban J connectivity index is 1.62. The van der Waals surface area contributed by atoms with Crippen LogP contribution < -0.4 is 0 Å². The van der Waals surface area contributed by atoms with E-state index < -0.39 is 0 Å². The molecule has 1 atom stereocenters. The lowest BCUT2D eigenvalue weighted by atomic mass is 9.79. The van der Waals surface area contributed by atoms with Gasteiger partial charge in [-0.3, -0.25) is 4.79 Å². The molecule has 4 rings (SSSR count). The summed E-state index contributed by atoms with van der Waals surface area (Å²) < 4.78 is 1.08. The number of benzene rings is 3. The van der Waals surface area contributed by atoms with Crippen LogP contribution in [0.2, 0.25) is 0 Å². The van der Waals surface area contributed by atoms with Gasteiger partial charge in [0.15, 0.2) is 5.78 Å². The molecule has 0 heterocycles. The zero-order chi connectivity index (χ0) is 16.5. The largest absolute Gasteiger partial charge is 0.293 e. The van der Waals surface area contributed by atoms with Crippen LogP contribution >= 0.6 is 15.9 Å². The van der Waals surface area contributed by atoms with Crippen molar-refractivity contribution < 1.29 is 4.79 Å². The Labute approximate surface area is 150 Å². The minimum absolute atomic E-state index is 0.0149. The normalized spacial score (nSPS) is 16.7. The summed E-state index contributed by atoms with van der Waals surface area (Å²) in [6.45, 7) is 0. The van der Waals surface area contributed by atoms with Gasteiger partial charge in [-0.15, -0.1) is 0 Å². The van der Waals surface area contributed by atoms with Crippen LogP contribution in [0.25, 0.3) is 11.1 Å². The summed E-state index contributed by atoms with van der Waals surface area (Å²) in [7, 11) is 0. The van der Waals surface area contributed by atoms with Crippen LogP contribution in [-0.2, 0) is 6.42 Å². The van der Waals surface area contributed by atoms with Gasteiger partial charge < -0.3 is 0 Å². The molecule has 2 heteroatoms. The summed E-state index contributed by atoms with van der Waals surface area (Å²) in [4.78, 5) is 12.8. The fraction of sp³-hybridized carbons (Fsp3) is 0.136. The number of ketones is 1. The summed E-state index contributed by atoms with van der Waals surface area (Å²) in [5.41, 5.74) is 5.56. The average molecular weight is 377 g/mol. The highest BCUT2D eigenvalue weighted by Gasteiger charge is 2.28. The zero-order valence-corrected chi connectivity index (χ0v) is 14.8. The Bertz CT molecular complexity index is 879. The molecule has 0 fully saturated rings. The molecule has 3 aromatic rings. The van der Waals surface area contributed by atoms with E-state index in [0.717, 1.165) is 28.4 Å². The van der Waals surface area contributed by atoms with E-state index in [1.807, 2.05) is 30.3 Å². The number of hydrogen-bond donors (Lipinski definition) is 0. The van der Waals surface area contributed by atoms with Crippen molar-refractivity contribution in [1.29, 1.82) is 0 Å². The molecule has 0 bridgehead atoms. The fourth-order valence-electron chi connectivity index (χ4n) is 3.47. The molecule has 1 unspecified atom stereocenters. The third-order valence-electron chi connectivity index (χ3n) is 4.79. The monoisotopic (exact) mass is 376 g/mol. The number of halogens is 1. The zero-order valence-electron chi connectivity index (χ0n) is 13.2. The number of Topliss-reactive ketones (excluding diaryl/α,β-unsaturated/α-hetero) is 1. The molecule has 0 N–H and O–H groups in total. The first-order chi connectivity index (χ1) is 11.7. The van der Waals surface area contributed by atoms with Crippen molar-refractivity contribution in [2.45, 2.75) is 18.8 Å². The smallest absolute Gasteiger partial charge is 0.170 e. The number of fused-ring (bicyclic) bond motifs is 1. The van der Waals surface area contributed by atoms with Gasteiger partial charge in [-0.25, -0.2) is 0 Å². The number of hydrogen-bond acceptors (Lipinski definition) is 1. The Morgan fingerprint density at radius 1 is 0.792 bits per heavy atom. The maximum Gasteiger partial charge on any atom is 0.170 e. The quantitative estimate of drug-likeness (QED) is 0.533. The second-order valence-corrected chi connectivity index (χ2v) is 7.16. The topological polar surface area (TPSA) is 17.1 Å². The van der Waals surface area contributed by atoms with Crippen LogP contribution in [-0.4, -0.2) is 5.78 Å². The van der Waals surface area contributed by atoms with Crippen molar-refractivity contribution in [3.05, 3.63) is 94.0 Å². The summed E-state index contributed by atoms with van der Waals surface area (Å²) in [6, 6.07) is 24.7. The maximum absolute atomic E-state index is 12.8. The van der Waals surface area contributed by atoms with E-state index in [9.17, 15) is 4.79 Å². The van der Waals surface area contributed by atoms with Gasteiger partial charge in [0.2, 0.25) is 0 Å². The molecular formula is C22H17BrO. The summed E-state index contributed by atoms with van der Waals surface area (Å²) in [5.74, 6) is 0.243. The second kappa shape index (κ2) is 6.37. The van der Waals surface area contributed by atoms with Crippen molar-refractivity contribution in [1.82, 2.24) is 0 Å². The van der Waals surface area contributed by atoms with E-state index in [1.165, 1.54) is 16.7 Å². The molecule has 0 spiro atoms. The molecule has 0 amide bonds. The van der Waals surface area contributed by atoms with E-state index >= 15 is 0 Å².